The molecule has 2 aromatic carbocycles. The molecule has 0 spiro atoms. The number of hydrogen-bond donors (Lipinski definition) is 1. The number of aromatic hydroxyl groups is 1. The highest BCUT2D eigenvalue weighted by atomic mass is 16.6. The summed E-state index contributed by atoms with van der Waals surface area (Å²) >= 11 is 0. The van der Waals surface area contributed by atoms with Crippen molar-refractivity contribution in [1.29, 1.82) is 0 Å². The van der Waals surface area contributed by atoms with Crippen molar-refractivity contribution in [3.05, 3.63) is 48.0 Å². The Labute approximate surface area is 191 Å². The maximum absolute atomic E-state index is 12.3. The highest BCUT2D eigenvalue weighted by molar-refractivity contribution is 5.99. The van der Waals surface area contributed by atoms with Crippen LogP contribution in [-0.4, -0.2) is 59.3 Å². The Bertz CT molecular complexity index is 1220. The highest BCUT2D eigenvalue weighted by Crippen LogP contribution is 2.32. The second-order valence-corrected chi connectivity index (χ2v) is 8.48. The van der Waals surface area contributed by atoms with E-state index >= 15 is 0 Å². The smallest absolute Gasteiger partial charge is 0.433 e. The van der Waals surface area contributed by atoms with Crippen LogP contribution < -0.4 is 4.90 Å². The van der Waals surface area contributed by atoms with Gasteiger partial charge >= 0.3 is 6.09 Å². The fraction of sp³-hybridized carbons (Fsp3) is 0.360. The molecule has 0 unspecified atom stereocenters. The van der Waals surface area contributed by atoms with E-state index in [1.165, 1.54) is 0 Å². The molecule has 1 N–H and O–H groups in total. The summed E-state index contributed by atoms with van der Waals surface area (Å²) in [6.45, 7) is 4.33. The summed E-state index contributed by atoms with van der Waals surface area (Å²) in [6.07, 6.45) is 1.53. The fourth-order valence-corrected chi connectivity index (χ4v) is 4.28. The molecule has 170 valence electrons. The lowest BCUT2D eigenvalue weighted by atomic mass is 10.1. The van der Waals surface area contributed by atoms with Gasteiger partial charge in [0.05, 0.1) is 30.8 Å². The number of phenols is 1. The van der Waals surface area contributed by atoms with E-state index in [1.54, 1.807) is 12.1 Å². The minimum absolute atomic E-state index is 0.134. The Morgan fingerprint density at radius 2 is 2.12 bits per heavy atom. The van der Waals surface area contributed by atoms with Crippen molar-refractivity contribution in [1.82, 2.24) is 9.97 Å². The number of ether oxygens (including phenoxy) is 2. The van der Waals surface area contributed by atoms with Gasteiger partial charge in [-0.2, -0.15) is 4.99 Å². The summed E-state index contributed by atoms with van der Waals surface area (Å²) in [5.74, 6) is 1.36. The van der Waals surface area contributed by atoms with Crippen molar-refractivity contribution in [2.45, 2.75) is 32.3 Å². The molecule has 5 rings (SSSR count). The van der Waals surface area contributed by atoms with Gasteiger partial charge in [-0.1, -0.05) is 18.2 Å². The molecule has 2 aliphatic heterocycles. The molecule has 0 saturated carbocycles. The number of anilines is 1. The molecule has 3 heterocycles. The summed E-state index contributed by atoms with van der Waals surface area (Å²) in [6, 6.07) is 13.1. The molecule has 8 heteroatoms. The Hall–Kier alpha value is -3.52. The number of aromatic nitrogens is 2. The van der Waals surface area contributed by atoms with E-state index < -0.39 is 6.09 Å². The van der Waals surface area contributed by atoms with Gasteiger partial charge in [-0.25, -0.2) is 14.8 Å². The average molecular weight is 447 g/mol. The molecule has 0 radical (unpaired) electrons. The van der Waals surface area contributed by atoms with E-state index in [9.17, 15) is 9.90 Å². The predicted molar refractivity (Wildman–Crippen MR) is 126 cm³/mol. The van der Waals surface area contributed by atoms with Gasteiger partial charge in [0, 0.05) is 24.1 Å². The zero-order valence-electron chi connectivity index (χ0n) is 18.5. The van der Waals surface area contributed by atoms with Crippen LogP contribution in [0.15, 0.2) is 47.5 Å². The maximum atomic E-state index is 12.3. The molecular formula is C25H26N4O4. The standard InChI is InChI=1S/C25H26N4O4/c1-16-8-9-19-21(13-16)27-23(20-6-2-3-7-22(20)30)28-24(19)29-11-4-5-17(14-29)26-25(31)33-18-10-12-32-15-18/h2-3,6-9,13,18,30H,4-5,10-12,14-15H2,1H3/t18-/m0/s1. The number of para-hydroxylation sites is 1. The van der Waals surface area contributed by atoms with Crippen LogP contribution >= 0.6 is 0 Å². The van der Waals surface area contributed by atoms with Crippen LogP contribution in [0.4, 0.5) is 10.6 Å². The molecule has 1 aromatic heterocycles. The molecule has 3 aromatic rings. The molecule has 8 nitrogen and oxygen atoms in total. The number of rotatable bonds is 3. The normalized spacial score (nSPS) is 19.8. The molecular weight excluding hydrogens is 420 g/mol. The van der Waals surface area contributed by atoms with Crippen molar-refractivity contribution in [3.8, 4) is 17.1 Å². The minimum atomic E-state index is -0.555. The number of hydrogen-bond acceptors (Lipinski definition) is 7. The van der Waals surface area contributed by atoms with Crippen LogP contribution in [0.3, 0.4) is 0 Å². The lowest BCUT2D eigenvalue weighted by Crippen LogP contribution is -2.37. The molecule has 0 aliphatic carbocycles. The maximum Gasteiger partial charge on any atom is 0.433 e. The summed E-state index contributed by atoms with van der Waals surface area (Å²) in [5.41, 5.74) is 3.25. The first-order valence-corrected chi connectivity index (χ1v) is 11.2. The lowest BCUT2D eigenvalue weighted by molar-refractivity contribution is 0.0903. The summed E-state index contributed by atoms with van der Waals surface area (Å²) in [7, 11) is 0. The Morgan fingerprint density at radius 1 is 1.24 bits per heavy atom. The van der Waals surface area contributed by atoms with Gasteiger partial charge in [0.2, 0.25) is 0 Å². The third kappa shape index (κ3) is 4.66. The van der Waals surface area contributed by atoms with Gasteiger partial charge in [-0.3, -0.25) is 0 Å². The third-order valence-electron chi connectivity index (χ3n) is 5.95. The number of carbonyl (C=O) groups excluding carboxylic acids is 1. The van der Waals surface area contributed by atoms with Crippen molar-refractivity contribution in [3.63, 3.8) is 0 Å². The van der Waals surface area contributed by atoms with Crippen LogP contribution in [0.2, 0.25) is 0 Å². The van der Waals surface area contributed by atoms with E-state index in [1.807, 2.05) is 37.3 Å². The Balaban J connectivity index is 1.48. The first kappa shape index (κ1) is 21.3. The Kier molecular flexibility index (Phi) is 5.92. The van der Waals surface area contributed by atoms with Crippen LogP contribution in [0.1, 0.15) is 24.8 Å². The first-order chi connectivity index (χ1) is 16.1. The third-order valence-corrected chi connectivity index (χ3v) is 5.95. The van der Waals surface area contributed by atoms with Crippen LogP contribution in [0.5, 0.6) is 5.75 Å². The summed E-state index contributed by atoms with van der Waals surface area (Å²) in [4.78, 5) is 28.2. The van der Waals surface area contributed by atoms with E-state index in [0.717, 1.165) is 47.4 Å². The van der Waals surface area contributed by atoms with Gasteiger partial charge in [-0.05, 0) is 49.6 Å². The zero-order valence-corrected chi connectivity index (χ0v) is 18.5. The van der Waals surface area contributed by atoms with Crippen LogP contribution in [-0.2, 0) is 9.47 Å². The number of nitrogens with zero attached hydrogens (tertiary/aromatic N) is 4. The fourth-order valence-electron chi connectivity index (χ4n) is 4.28. The van der Waals surface area contributed by atoms with E-state index in [4.69, 9.17) is 19.4 Å². The van der Waals surface area contributed by atoms with Crippen molar-refractivity contribution >= 4 is 28.5 Å². The van der Waals surface area contributed by atoms with E-state index in [-0.39, 0.29) is 11.9 Å². The second-order valence-electron chi connectivity index (χ2n) is 8.48. The largest absolute Gasteiger partial charge is 0.507 e. The zero-order chi connectivity index (χ0) is 22.8. The van der Waals surface area contributed by atoms with Crippen molar-refractivity contribution in [2.24, 2.45) is 4.99 Å². The van der Waals surface area contributed by atoms with Gasteiger partial charge in [-0.15, -0.1) is 0 Å². The summed E-state index contributed by atoms with van der Waals surface area (Å²) in [5, 5.41) is 11.3. The number of carbonyl (C=O) groups is 1. The second kappa shape index (κ2) is 9.15. The number of phenolic OH excluding ortho intramolecular Hbond substituents is 1. The minimum Gasteiger partial charge on any atom is -0.507 e. The number of amides is 1. The van der Waals surface area contributed by atoms with Gasteiger partial charge < -0.3 is 19.5 Å². The lowest BCUT2D eigenvalue weighted by Gasteiger charge is -2.30. The Morgan fingerprint density at radius 3 is 2.94 bits per heavy atom. The molecule has 0 bridgehead atoms. The van der Waals surface area contributed by atoms with Gasteiger partial charge in [0.15, 0.2) is 5.82 Å². The molecule has 1 atom stereocenters. The molecule has 2 fully saturated rings. The van der Waals surface area contributed by atoms with Crippen LogP contribution in [0.25, 0.3) is 22.3 Å². The first-order valence-electron chi connectivity index (χ1n) is 11.2. The molecule has 2 aliphatic rings. The summed E-state index contributed by atoms with van der Waals surface area (Å²) < 4.78 is 10.7. The molecule has 2 saturated heterocycles. The predicted octanol–water partition coefficient (Wildman–Crippen LogP) is 4.28. The number of benzene rings is 2. The monoisotopic (exact) mass is 446 g/mol. The number of fused-ring (bicyclic) bond motifs is 1. The highest BCUT2D eigenvalue weighted by Gasteiger charge is 2.24. The van der Waals surface area contributed by atoms with Crippen LogP contribution in [0, 0.1) is 6.92 Å². The number of aryl methyl sites for hydroxylation is 1. The SMILES string of the molecule is Cc1ccc2c(N3CCCC(=NC(=O)O[C@H]4CCOC4)C3)nc(-c3ccccc3O)nc2c1. The van der Waals surface area contributed by atoms with E-state index in [0.29, 0.717) is 37.6 Å². The quantitative estimate of drug-likeness (QED) is 0.641. The van der Waals surface area contributed by atoms with Crippen molar-refractivity contribution in [2.75, 3.05) is 31.2 Å². The van der Waals surface area contributed by atoms with Gasteiger partial charge in [0.25, 0.3) is 0 Å². The van der Waals surface area contributed by atoms with Crippen molar-refractivity contribution < 1.29 is 19.4 Å². The molecule has 1 amide bonds. The number of aliphatic imine (C=N–C) groups is 1. The van der Waals surface area contributed by atoms with Gasteiger partial charge in [0.1, 0.15) is 17.7 Å². The van der Waals surface area contributed by atoms with E-state index in [2.05, 4.69) is 9.89 Å². The average Bonchev–Trinajstić information content (AvgIpc) is 3.31. The number of piperidine rings is 1. The molecule has 33 heavy (non-hydrogen) atoms. The topological polar surface area (TPSA) is 97.1 Å².